The number of carbonyl (C=O) groups is 3. The van der Waals surface area contributed by atoms with E-state index >= 15 is 0 Å². The number of nitrogens with one attached hydrogen (secondary N) is 1. The number of piperidine rings is 1. The van der Waals surface area contributed by atoms with Gasteiger partial charge in [-0.25, -0.2) is 0 Å². The monoisotopic (exact) mass is 614 g/mol. The first kappa shape index (κ1) is 30.5. The van der Waals surface area contributed by atoms with E-state index in [1.54, 1.807) is 10.9 Å². The van der Waals surface area contributed by atoms with Crippen molar-refractivity contribution in [2.45, 2.75) is 77.8 Å². The van der Waals surface area contributed by atoms with E-state index in [2.05, 4.69) is 29.2 Å². The van der Waals surface area contributed by atoms with Crippen LogP contribution in [0.4, 0.5) is 0 Å². The summed E-state index contributed by atoms with van der Waals surface area (Å²) in [6.45, 7) is 10.0. The van der Waals surface area contributed by atoms with Crippen molar-refractivity contribution in [3.05, 3.63) is 53.9 Å². The highest BCUT2D eigenvalue weighted by atomic mass is 16.2. The van der Waals surface area contributed by atoms with Crippen LogP contribution >= 0.6 is 0 Å². The molecule has 5 fully saturated rings. The van der Waals surface area contributed by atoms with Crippen LogP contribution in [-0.4, -0.2) is 94.1 Å². The third-order valence-corrected chi connectivity index (χ3v) is 11.5. The highest BCUT2D eigenvalue weighted by molar-refractivity contribution is 5.95. The Morgan fingerprint density at radius 1 is 0.911 bits per heavy atom. The minimum atomic E-state index is -0.398. The van der Waals surface area contributed by atoms with Crippen LogP contribution in [0.25, 0.3) is 0 Å². The second-order valence-electron chi connectivity index (χ2n) is 15.6. The molecule has 0 unspecified atom stereocenters. The van der Waals surface area contributed by atoms with E-state index in [0.29, 0.717) is 38.3 Å². The highest BCUT2D eigenvalue weighted by Crippen LogP contribution is 2.54. The molecule has 3 aliphatic heterocycles. The van der Waals surface area contributed by atoms with E-state index in [0.717, 1.165) is 50.4 Å². The molecule has 7 rings (SSSR count). The standard InChI is InChI=1S/C36H50N6O3/c1-35(2)16-30(35)34(45)41-24-36(25-41)23-40(33(44)28-17-37-42(20-28)19-27-12-7-4-8-13-27)22-31(36)32(43)38-29-14-9-15-39(21-29)18-26-10-5-3-6-11-26/h4,7-8,12-13,17,20,26,29-31H,3,5-6,9-11,14-16,18-19,21-25H2,1-2H3,(H,38,43)/t29-,30+,31-/m0/s1. The number of benzene rings is 1. The van der Waals surface area contributed by atoms with Crippen LogP contribution in [0.2, 0.25) is 0 Å². The molecule has 242 valence electrons. The Hall–Kier alpha value is -3.20. The van der Waals surface area contributed by atoms with Gasteiger partial charge in [-0.05, 0) is 55.5 Å². The van der Waals surface area contributed by atoms with Gasteiger partial charge in [0.15, 0.2) is 0 Å². The fourth-order valence-electron chi connectivity index (χ4n) is 8.67. The molecule has 0 bridgehead atoms. The van der Waals surface area contributed by atoms with Crippen LogP contribution < -0.4 is 5.32 Å². The number of amides is 3. The van der Waals surface area contributed by atoms with Gasteiger partial charge in [-0.15, -0.1) is 0 Å². The molecule has 3 saturated heterocycles. The first-order valence-electron chi connectivity index (χ1n) is 17.4. The summed E-state index contributed by atoms with van der Waals surface area (Å²) in [6.07, 6.45) is 13.2. The van der Waals surface area contributed by atoms with Crippen molar-refractivity contribution in [3.8, 4) is 0 Å². The lowest BCUT2D eigenvalue weighted by Crippen LogP contribution is -2.65. The molecule has 1 aromatic carbocycles. The van der Waals surface area contributed by atoms with Gasteiger partial charge >= 0.3 is 0 Å². The normalized spacial score (nSPS) is 27.7. The van der Waals surface area contributed by atoms with Crippen LogP contribution in [0.3, 0.4) is 0 Å². The Labute approximate surface area is 267 Å². The summed E-state index contributed by atoms with van der Waals surface area (Å²) >= 11 is 0. The Kier molecular flexibility index (Phi) is 8.25. The lowest BCUT2D eigenvalue weighted by molar-refractivity contribution is -0.151. The SMILES string of the molecule is CC1(C)C[C@@H]1C(=O)N1CC2(CN(C(=O)c3cnn(Cc4ccccc4)c3)C[C@H]2C(=O)N[C@H]2CCCN(CC3CCCCC3)C2)C1. The average molecular weight is 615 g/mol. The van der Waals surface area contributed by atoms with Crippen molar-refractivity contribution in [3.63, 3.8) is 0 Å². The number of likely N-dealkylation sites (tertiary alicyclic amines) is 3. The summed E-state index contributed by atoms with van der Waals surface area (Å²) < 4.78 is 1.79. The highest BCUT2D eigenvalue weighted by Gasteiger charge is 2.62. The topological polar surface area (TPSA) is 90.8 Å². The number of hydrogen-bond acceptors (Lipinski definition) is 5. The first-order chi connectivity index (χ1) is 21.7. The Balaban J connectivity index is 1.02. The molecule has 0 radical (unpaired) electrons. The first-order valence-corrected chi connectivity index (χ1v) is 17.4. The lowest BCUT2D eigenvalue weighted by Gasteiger charge is -2.50. The van der Waals surface area contributed by atoms with Crippen LogP contribution in [-0.2, 0) is 16.1 Å². The van der Waals surface area contributed by atoms with Gasteiger partial charge in [-0.2, -0.15) is 5.10 Å². The third kappa shape index (κ3) is 6.42. The molecule has 2 saturated carbocycles. The molecular formula is C36H50N6O3. The summed E-state index contributed by atoms with van der Waals surface area (Å²) in [6, 6.07) is 10.2. The molecule has 4 heterocycles. The minimum Gasteiger partial charge on any atom is -0.352 e. The van der Waals surface area contributed by atoms with Gasteiger partial charge in [0.05, 0.1) is 24.2 Å². The molecule has 1 N–H and O–H groups in total. The van der Waals surface area contributed by atoms with E-state index < -0.39 is 5.41 Å². The van der Waals surface area contributed by atoms with E-state index in [1.165, 1.54) is 32.1 Å². The van der Waals surface area contributed by atoms with E-state index in [1.807, 2.05) is 46.3 Å². The summed E-state index contributed by atoms with van der Waals surface area (Å²) in [5, 5.41) is 7.90. The fourth-order valence-corrected chi connectivity index (χ4v) is 8.67. The summed E-state index contributed by atoms with van der Waals surface area (Å²) in [5.74, 6) is 0.710. The number of hydrogen-bond donors (Lipinski definition) is 1. The predicted octanol–water partition coefficient (Wildman–Crippen LogP) is 4.04. The quantitative estimate of drug-likeness (QED) is 0.485. The maximum absolute atomic E-state index is 14.1. The summed E-state index contributed by atoms with van der Waals surface area (Å²) in [4.78, 5) is 47.5. The summed E-state index contributed by atoms with van der Waals surface area (Å²) in [5.41, 5.74) is 1.33. The molecule has 3 atom stereocenters. The molecule has 9 heteroatoms. The summed E-state index contributed by atoms with van der Waals surface area (Å²) in [7, 11) is 0. The van der Waals surface area contributed by atoms with Gasteiger partial charge in [-0.3, -0.25) is 19.1 Å². The van der Waals surface area contributed by atoms with Gasteiger partial charge in [0.1, 0.15) is 0 Å². The van der Waals surface area contributed by atoms with Gasteiger partial charge < -0.3 is 20.0 Å². The van der Waals surface area contributed by atoms with E-state index in [9.17, 15) is 14.4 Å². The molecule has 1 aromatic heterocycles. The van der Waals surface area contributed by atoms with Crippen molar-refractivity contribution in [1.82, 2.24) is 29.8 Å². The Morgan fingerprint density at radius 3 is 2.38 bits per heavy atom. The number of rotatable bonds is 8. The van der Waals surface area contributed by atoms with E-state index in [4.69, 9.17) is 0 Å². The number of aromatic nitrogens is 2. The molecular weight excluding hydrogens is 564 g/mol. The second-order valence-corrected chi connectivity index (χ2v) is 15.6. The van der Waals surface area contributed by atoms with Crippen LogP contribution in [0.1, 0.15) is 81.1 Å². The number of carbonyl (C=O) groups excluding carboxylic acids is 3. The van der Waals surface area contributed by atoms with Crippen molar-refractivity contribution < 1.29 is 14.4 Å². The lowest BCUT2D eigenvalue weighted by atomic mass is 9.70. The zero-order chi connectivity index (χ0) is 31.2. The van der Waals surface area contributed by atoms with Gasteiger partial charge in [0.2, 0.25) is 11.8 Å². The smallest absolute Gasteiger partial charge is 0.257 e. The van der Waals surface area contributed by atoms with Gasteiger partial charge in [0.25, 0.3) is 5.91 Å². The van der Waals surface area contributed by atoms with Gasteiger partial charge in [-0.1, -0.05) is 63.4 Å². The maximum Gasteiger partial charge on any atom is 0.257 e. The third-order valence-electron chi connectivity index (χ3n) is 11.5. The molecule has 9 nitrogen and oxygen atoms in total. The van der Waals surface area contributed by atoms with Gasteiger partial charge in [0, 0.05) is 62.8 Å². The molecule has 5 aliphatic rings. The Bertz CT molecular complexity index is 1390. The maximum atomic E-state index is 14.1. The van der Waals surface area contributed by atoms with Crippen molar-refractivity contribution in [1.29, 1.82) is 0 Å². The predicted molar refractivity (Wildman–Crippen MR) is 172 cm³/mol. The molecule has 1 spiro atoms. The zero-order valence-corrected chi connectivity index (χ0v) is 27.1. The minimum absolute atomic E-state index is 0.0495. The van der Waals surface area contributed by atoms with Crippen LogP contribution in [0.5, 0.6) is 0 Å². The van der Waals surface area contributed by atoms with Crippen molar-refractivity contribution >= 4 is 17.7 Å². The second kappa shape index (κ2) is 12.2. The van der Waals surface area contributed by atoms with Crippen LogP contribution in [0, 0.1) is 28.6 Å². The van der Waals surface area contributed by atoms with Crippen molar-refractivity contribution in [2.75, 3.05) is 45.8 Å². The van der Waals surface area contributed by atoms with E-state index in [-0.39, 0.29) is 41.0 Å². The molecule has 2 aromatic rings. The average Bonchev–Trinajstić information content (AvgIpc) is 3.33. The number of nitrogens with zero attached hydrogens (tertiary/aromatic N) is 5. The van der Waals surface area contributed by atoms with Crippen molar-refractivity contribution in [2.24, 2.45) is 28.6 Å². The molecule has 2 aliphatic carbocycles. The molecule has 3 amide bonds. The fraction of sp³-hybridized carbons (Fsp3) is 0.667. The molecule has 45 heavy (non-hydrogen) atoms. The largest absolute Gasteiger partial charge is 0.352 e. The zero-order valence-electron chi connectivity index (χ0n) is 27.1. The Morgan fingerprint density at radius 2 is 1.64 bits per heavy atom. The van der Waals surface area contributed by atoms with Crippen LogP contribution in [0.15, 0.2) is 42.7 Å².